The van der Waals surface area contributed by atoms with E-state index in [1.807, 2.05) is 6.07 Å². The number of oxazole rings is 1. The Labute approximate surface area is 81.5 Å². The van der Waals surface area contributed by atoms with Crippen molar-refractivity contribution in [3.63, 3.8) is 0 Å². The van der Waals surface area contributed by atoms with Crippen LogP contribution in [0, 0.1) is 11.3 Å². The number of rotatable bonds is 1. The van der Waals surface area contributed by atoms with Crippen LogP contribution in [0.3, 0.4) is 0 Å². The summed E-state index contributed by atoms with van der Waals surface area (Å²) in [7, 11) is 0. The normalized spacial score (nSPS) is 21.8. The fourth-order valence-corrected chi connectivity index (χ4v) is 1.50. The van der Waals surface area contributed by atoms with Gasteiger partial charge in [0.2, 0.25) is 17.5 Å². The quantitative estimate of drug-likeness (QED) is 0.728. The van der Waals surface area contributed by atoms with Gasteiger partial charge in [0, 0.05) is 6.61 Å². The Hall–Kier alpha value is -1.54. The highest BCUT2D eigenvalue weighted by Crippen LogP contribution is 2.28. The third-order valence-electron chi connectivity index (χ3n) is 2.23. The molecule has 0 bridgehead atoms. The van der Waals surface area contributed by atoms with Gasteiger partial charge in [0.05, 0.1) is 0 Å². The molecule has 1 aliphatic rings. The molecule has 0 aliphatic carbocycles. The van der Waals surface area contributed by atoms with Crippen molar-refractivity contribution in [1.29, 1.82) is 5.26 Å². The van der Waals surface area contributed by atoms with Crippen molar-refractivity contribution in [3.05, 3.63) is 11.6 Å². The van der Waals surface area contributed by atoms with Crippen LogP contribution in [-0.4, -0.2) is 11.6 Å². The van der Waals surface area contributed by atoms with Crippen molar-refractivity contribution in [2.75, 3.05) is 12.3 Å². The number of hydrogen-bond acceptors (Lipinski definition) is 5. The zero-order valence-corrected chi connectivity index (χ0v) is 7.69. The van der Waals surface area contributed by atoms with E-state index in [-0.39, 0.29) is 17.7 Å². The van der Waals surface area contributed by atoms with Gasteiger partial charge in [0.25, 0.3) is 0 Å². The van der Waals surface area contributed by atoms with Crippen molar-refractivity contribution >= 4 is 5.88 Å². The fraction of sp³-hybridized carbons (Fsp3) is 0.556. The summed E-state index contributed by atoms with van der Waals surface area (Å²) in [6.45, 7) is 0.717. The van der Waals surface area contributed by atoms with Gasteiger partial charge in [-0.2, -0.15) is 10.2 Å². The van der Waals surface area contributed by atoms with E-state index >= 15 is 0 Å². The molecule has 0 saturated carbocycles. The first-order chi connectivity index (χ1) is 6.81. The molecule has 1 saturated heterocycles. The van der Waals surface area contributed by atoms with Crippen LogP contribution in [0.15, 0.2) is 4.42 Å². The molecule has 0 amide bonds. The first kappa shape index (κ1) is 9.03. The Morgan fingerprint density at radius 1 is 1.50 bits per heavy atom. The molecule has 1 aliphatic heterocycles. The minimum Gasteiger partial charge on any atom is -0.421 e. The number of nitrogens with zero attached hydrogens (tertiary/aromatic N) is 2. The summed E-state index contributed by atoms with van der Waals surface area (Å²) in [5.74, 6) is 0.510. The zero-order chi connectivity index (χ0) is 9.97. The molecule has 1 atom stereocenters. The van der Waals surface area contributed by atoms with Crippen LogP contribution in [0.4, 0.5) is 5.88 Å². The van der Waals surface area contributed by atoms with Crippen molar-refractivity contribution in [2.45, 2.75) is 25.4 Å². The maximum Gasteiger partial charge on any atom is 0.229 e. The minimum absolute atomic E-state index is 0.0803. The Bertz CT molecular complexity index is 361. The maximum atomic E-state index is 8.64. The minimum atomic E-state index is -0.131. The first-order valence-electron chi connectivity index (χ1n) is 4.59. The summed E-state index contributed by atoms with van der Waals surface area (Å²) >= 11 is 0. The highest BCUT2D eigenvalue weighted by Gasteiger charge is 2.22. The van der Waals surface area contributed by atoms with Gasteiger partial charge in [-0.1, -0.05) is 0 Å². The van der Waals surface area contributed by atoms with E-state index in [4.69, 9.17) is 20.1 Å². The fourth-order valence-electron chi connectivity index (χ4n) is 1.50. The van der Waals surface area contributed by atoms with Gasteiger partial charge in [0.1, 0.15) is 12.2 Å². The summed E-state index contributed by atoms with van der Waals surface area (Å²) < 4.78 is 10.6. The molecule has 1 fully saturated rings. The lowest BCUT2D eigenvalue weighted by Gasteiger charge is -2.19. The number of nitrogens with two attached hydrogens (primary N) is 1. The molecule has 0 spiro atoms. The second-order valence-corrected chi connectivity index (χ2v) is 3.23. The van der Waals surface area contributed by atoms with Gasteiger partial charge < -0.3 is 14.9 Å². The van der Waals surface area contributed by atoms with Crippen molar-refractivity contribution in [1.82, 2.24) is 4.98 Å². The van der Waals surface area contributed by atoms with E-state index in [1.165, 1.54) is 0 Å². The number of hydrogen-bond donors (Lipinski definition) is 1. The van der Waals surface area contributed by atoms with E-state index in [0.717, 1.165) is 25.9 Å². The molecule has 1 aromatic heterocycles. The Morgan fingerprint density at radius 2 is 2.36 bits per heavy atom. The van der Waals surface area contributed by atoms with Gasteiger partial charge in [0.15, 0.2) is 0 Å². The average Bonchev–Trinajstić information content (AvgIpc) is 2.61. The third-order valence-corrected chi connectivity index (χ3v) is 2.23. The van der Waals surface area contributed by atoms with Crippen LogP contribution < -0.4 is 5.73 Å². The smallest absolute Gasteiger partial charge is 0.229 e. The largest absolute Gasteiger partial charge is 0.421 e. The highest BCUT2D eigenvalue weighted by molar-refractivity contribution is 5.40. The molecule has 2 rings (SSSR count). The van der Waals surface area contributed by atoms with Gasteiger partial charge in [-0.3, -0.25) is 0 Å². The Balaban J connectivity index is 2.19. The number of nitrogen functional groups attached to an aromatic ring is 1. The highest BCUT2D eigenvalue weighted by atomic mass is 16.5. The summed E-state index contributed by atoms with van der Waals surface area (Å²) in [6, 6.07) is 1.87. The molecule has 0 radical (unpaired) electrons. The van der Waals surface area contributed by atoms with E-state index in [1.54, 1.807) is 0 Å². The van der Waals surface area contributed by atoms with E-state index in [2.05, 4.69) is 4.98 Å². The van der Waals surface area contributed by atoms with Crippen LogP contribution in [0.1, 0.15) is 37.0 Å². The van der Waals surface area contributed by atoms with Gasteiger partial charge in [-0.05, 0) is 19.3 Å². The molecule has 2 heterocycles. The first-order valence-corrected chi connectivity index (χ1v) is 4.59. The standard InChI is InChI=1S/C9H11N3O2/c10-5-6-8(11)14-9(12-6)7-3-1-2-4-13-7/h7H,1-4,11H2. The summed E-state index contributed by atoms with van der Waals surface area (Å²) in [6.07, 6.45) is 2.91. The number of anilines is 1. The van der Waals surface area contributed by atoms with Gasteiger partial charge >= 0.3 is 0 Å². The Morgan fingerprint density at radius 3 is 2.93 bits per heavy atom. The predicted molar refractivity (Wildman–Crippen MR) is 48.2 cm³/mol. The van der Waals surface area contributed by atoms with E-state index in [0.29, 0.717) is 5.89 Å². The topological polar surface area (TPSA) is 85.1 Å². The van der Waals surface area contributed by atoms with Crippen molar-refractivity contribution in [2.24, 2.45) is 0 Å². The van der Waals surface area contributed by atoms with Crippen molar-refractivity contribution in [3.8, 4) is 6.07 Å². The summed E-state index contributed by atoms with van der Waals surface area (Å²) in [4.78, 5) is 3.97. The second kappa shape index (κ2) is 3.68. The lowest BCUT2D eigenvalue weighted by Crippen LogP contribution is -2.11. The number of nitriles is 1. The SMILES string of the molecule is N#Cc1nc(C2CCCCO2)oc1N. The van der Waals surface area contributed by atoms with E-state index in [9.17, 15) is 0 Å². The van der Waals surface area contributed by atoms with Gasteiger partial charge in [-0.25, -0.2) is 0 Å². The molecule has 14 heavy (non-hydrogen) atoms. The molecule has 74 valence electrons. The monoisotopic (exact) mass is 193 g/mol. The summed E-state index contributed by atoms with van der Waals surface area (Å²) in [5, 5.41) is 8.64. The number of aromatic nitrogens is 1. The second-order valence-electron chi connectivity index (χ2n) is 3.23. The third kappa shape index (κ3) is 1.56. The molecule has 5 heteroatoms. The lowest BCUT2D eigenvalue weighted by molar-refractivity contribution is -0.00102. The molecule has 1 aromatic rings. The van der Waals surface area contributed by atoms with Crippen LogP contribution >= 0.6 is 0 Å². The molecular weight excluding hydrogens is 182 g/mol. The summed E-state index contributed by atoms with van der Waals surface area (Å²) in [5.41, 5.74) is 5.60. The number of ether oxygens (including phenoxy) is 1. The predicted octanol–water partition coefficient (Wildman–Crippen LogP) is 1.37. The molecule has 1 unspecified atom stereocenters. The lowest BCUT2D eigenvalue weighted by atomic mass is 10.1. The Kier molecular flexibility index (Phi) is 2.37. The van der Waals surface area contributed by atoms with Crippen LogP contribution in [-0.2, 0) is 4.74 Å². The van der Waals surface area contributed by atoms with Crippen LogP contribution in [0.2, 0.25) is 0 Å². The molecular formula is C9H11N3O2. The molecule has 5 nitrogen and oxygen atoms in total. The van der Waals surface area contributed by atoms with Crippen LogP contribution in [0.25, 0.3) is 0 Å². The van der Waals surface area contributed by atoms with Gasteiger partial charge in [-0.15, -0.1) is 0 Å². The molecule has 0 aromatic carbocycles. The van der Waals surface area contributed by atoms with Crippen molar-refractivity contribution < 1.29 is 9.15 Å². The zero-order valence-electron chi connectivity index (χ0n) is 7.69. The van der Waals surface area contributed by atoms with Crippen LogP contribution in [0.5, 0.6) is 0 Å². The average molecular weight is 193 g/mol. The maximum absolute atomic E-state index is 8.64. The molecule has 2 N–H and O–H groups in total. The van der Waals surface area contributed by atoms with E-state index < -0.39 is 0 Å².